The number of hydrogen-bond donors (Lipinski definition) is 0. The van der Waals surface area contributed by atoms with Crippen molar-refractivity contribution >= 4 is 142 Å². The molecule has 15 rings (SSSR count). The molecule has 2 aliphatic carbocycles. The lowest BCUT2D eigenvalue weighted by molar-refractivity contribution is 0.669. The number of rotatable bonds is 12. The van der Waals surface area contributed by atoms with Crippen LogP contribution in [0.5, 0.6) is 0 Å². The van der Waals surface area contributed by atoms with E-state index in [1.54, 1.807) is 0 Å². The Morgan fingerprint density at radius 2 is 0.812 bits per heavy atom. The summed E-state index contributed by atoms with van der Waals surface area (Å²) in [6, 6.07) is 84.6. The number of hydrogen-bond acceptors (Lipinski definition) is 7. The Bertz CT molecular complexity index is 4520. The van der Waals surface area contributed by atoms with Crippen molar-refractivity contribution in [1.29, 1.82) is 0 Å². The van der Waals surface area contributed by atoms with Gasteiger partial charge in [0, 0.05) is 102 Å². The maximum absolute atomic E-state index is 7.43. The number of furan rings is 1. The Morgan fingerprint density at radius 3 is 1.30 bits per heavy atom. The number of thiophene rings is 2. The molecule has 0 saturated heterocycles. The number of benzene rings is 10. The van der Waals surface area contributed by atoms with E-state index in [9.17, 15) is 0 Å². The molecule has 5 nitrogen and oxygen atoms in total. The summed E-state index contributed by atoms with van der Waals surface area (Å²) >= 11 is 3.71. The molecule has 0 saturated carbocycles. The van der Waals surface area contributed by atoms with Crippen LogP contribution in [0.25, 0.3) is 62.3 Å². The van der Waals surface area contributed by atoms with Crippen LogP contribution in [0.1, 0.15) is 38.5 Å². The van der Waals surface area contributed by atoms with Crippen LogP contribution in [0.4, 0.5) is 56.9 Å². The molecule has 386 valence electrons. The number of fused-ring (bicyclic) bond motifs is 9. The highest BCUT2D eigenvalue weighted by Crippen LogP contribution is 2.50. The van der Waals surface area contributed by atoms with E-state index in [4.69, 9.17) is 4.42 Å². The molecule has 0 N–H and O–H groups in total. The molecule has 10 aromatic carbocycles. The quantitative estimate of drug-likeness (QED) is 0.121. The van der Waals surface area contributed by atoms with Crippen LogP contribution in [-0.2, 0) is 0 Å². The molecule has 0 amide bonds. The molecule has 3 heterocycles. The predicted molar refractivity (Wildman–Crippen MR) is 344 cm³/mol. The maximum atomic E-state index is 7.43. The molecular weight excluding hydrogens is 1010 g/mol. The van der Waals surface area contributed by atoms with Gasteiger partial charge in [0.25, 0.3) is 0 Å². The van der Waals surface area contributed by atoms with E-state index in [-0.39, 0.29) is 6.04 Å². The van der Waals surface area contributed by atoms with Crippen molar-refractivity contribution in [2.45, 2.75) is 44.6 Å². The summed E-state index contributed by atoms with van der Waals surface area (Å²) in [7, 11) is 0. The minimum atomic E-state index is 0.225. The number of allylic oxidation sites excluding steroid dienone is 5. The van der Waals surface area contributed by atoms with Crippen molar-refractivity contribution in [3.05, 3.63) is 267 Å². The summed E-state index contributed by atoms with van der Waals surface area (Å²) in [6.45, 7) is 0. The van der Waals surface area contributed by atoms with E-state index in [1.807, 2.05) is 22.7 Å². The zero-order valence-electron chi connectivity index (χ0n) is 44.2. The predicted octanol–water partition coefficient (Wildman–Crippen LogP) is 22.3. The first kappa shape index (κ1) is 48.0. The van der Waals surface area contributed by atoms with Gasteiger partial charge in [-0.1, -0.05) is 127 Å². The third kappa shape index (κ3) is 8.61. The van der Waals surface area contributed by atoms with Crippen molar-refractivity contribution in [2.24, 2.45) is 0 Å². The molecule has 0 fully saturated rings. The van der Waals surface area contributed by atoms with Gasteiger partial charge >= 0.3 is 0 Å². The highest BCUT2D eigenvalue weighted by molar-refractivity contribution is 7.26. The minimum Gasteiger partial charge on any atom is -0.452 e. The van der Waals surface area contributed by atoms with Gasteiger partial charge in [-0.2, -0.15) is 0 Å². The topological polar surface area (TPSA) is 26.1 Å². The van der Waals surface area contributed by atoms with Gasteiger partial charge in [0.1, 0.15) is 0 Å². The van der Waals surface area contributed by atoms with E-state index in [0.29, 0.717) is 0 Å². The lowest BCUT2D eigenvalue weighted by Gasteiger charge is -2.32. The monoisotopic (exact) mass is 1070 g/mol. The molecule has 0 spiro atoms. The van der Waals surface area contributed by atoms with Gasteiger partial charge in [-0.3, -0.25) is 0 Å². The Hall–Kier alpha value is -9.14. The van der Waals surface area contributed by atoms with Crippen molar-refractivity contribution in [1.82, 2.24) is 0 Å². The molecular formula is C73H56N4OS2. The molecule has 7 heteroatoms. The fourth-order valence-electron chi connectivity index (χ4n) is 12.4. The van der Waals surface area contributed by atoms with Crippen molar-refractivity contribution in [2.75, 3.05) is 19.6 Å². The lowest BCUT2D eigenvalue weighted by atomic mass is 10.0. The second-order valence-electron chi connectivity index (χ2n) is 21.0. The standard InChI is InChI=1S/C73H56N4OS2/c1-2-9-23-50(22-8-1)74(51-24-10-3-11-25-51)56-38-42-68-62(46-56)64-48-58(40-44-70(64)79-68)76(54-30-16-6-17-31-54)66-36-20-34-60-61-35-21-37-67(73(61)78-72(60)66)77(55-32-18-7-19-33-55)59-41-45-71-65(49-59)63-47-57(39-43-69(63)80-71)75(52-26-12-4-13-27-52)53-28-14-5-15-29-53/h1-4,6-8,10-13,16-22,24-28,30-50H,5,9,14-15,23,29H2. The van der Waals surface area contributed by atoms with Gasteiger partial charge in [0.05, 0.1) is 17.4 Å². The van der Waals surface area contributed by atoms with Crippen LogP contribution >= 0.6 is 22.7 Å². The normalized spacial score (nSPS) is 14.6. The molecule has 0 bridgehead atoms. The summed E-state index contributed by atoms with van der Waals surface area (Å²) in [5.41, 5.74) is 14.0. The highest BCUT2D eigenvalue weighted by Gasteiger charge is 2.26. The first-order valence-corrected chi connectivity index (χ1v) is 29.6. The maximum Gasteiger partial charge on any atom is 0.159 e. The molecule has 1 atom stereocenters. The third-order valence-corrected chi connectivity index (χ3v) is 18.4. The fraction of sp³-hybridized carbons (Fsp3) is 0.0959. The highest BCUT2D eigenvalue weighted by atomic mass is 32.1. The van der Waals surface area contributed by atoms with E-state index in [0.717, 1.165) is 81.7 Å². The molecule has 13 aromatic rings. The van der Waals surface area contributed by atoms with Crippen molar-refractivity contribution < 1.29 is 4.42 Å². The Morgan fingerprint density at radius 1 is 0.362 bits per heavy atom. The lowest BCUT2D eigenvalue weighted by Crippen LogP contribution is -2.29. The van der Waals surface area contributed by atoms with Crippen LogP contribution in [0.15, 0.2) is 271 Å². The van der Waals surface area contributed by atoms with Gasteiger partial charge < -0.3 is 24.0 Å². The SMILES string of the molecule is C1=CCCC(N(c2ccccc2)c2ccc3sc4ccc(N(c5ccccc5)c5cccc6c5oc5c(N(c7ccccc7)c7ccc8sc9ccc(N(C%10=CCCCC%10)c%10ccccc%10)cc9c8c7)cccc56)cc4c3c2)C=C1. The number of para-hydroxylation sites is 6. The second-order valence-corrected chi connectivity index (χ2v) is 23.1. The largest absolute Gasteiger partial charge is 0.452 e. The Labute approximate surface area is 474 Å². The summed E-state index contributed by atoms with van der Waals surface area (Å²) < 4.78 is 12.5. The molecule has 1 unspecified atom stereocenters. The van der Waals surface area contributed by atoms with Crippen LogP contribution in [-0.4, -0.2) is 6.04 Å². The number of nitrogens with zero attached hydrogens (tertiary/aromatic N) is 4. The summed E-state index contributed by atoms with van der Waals surface area (Å²) in [5.74, 6) is 0. The van der Waals surface area contributed by atoms with Gasteiger partial charge in [0.15, 0.2) is 11.2 Å². The summed E-state index contributed by atoms with van der Waals surface area (Å²) in [4.78, 5) is 9.74. The van der Waals surface area contributed by atoms with Crippen LogP contribution in [0.2, 0.25) is 0 Å². The molecule has 3 aromatic heterocycles. The van der Waals surface area contributed by atoms with Gasteiger partial charge in [-0.05, 0) is 172 Å². The van der Waals surface area contributed by atoms with E-state index in [1.165, 1.54) is 81.6 Å². The average molecular weight is 1070 g/mol. The fourth-order valence-corrected chi connectivity index (χ4v) is 14.5. The van der Waals surface area contributed by atoms with Gasteiger partial charge in [0.2, 0.25) is 0 Å². The molecule has 2 aliphatic rings. The van der Waals surface area contributed by atoms with Crippen LogP contribution < -0.4 is 19.6 Å². The van der Waals surface area contributed by atoms with Crippen molar-refractivity contribution in [3.63, 3.8) is 0 Å². The van der Waals surface area contributed by atoms with Crippen LogP contribution in [0, 0.1) is 0 Å². The summed E-state index contributed by atoms with van der Waals surface area (Å²) in [5, 5.41) is 7.11. The molecule has 0 radical (unpaired) electrons. The minimum absolute atomic E-state index is 0.225. The molecule has 0 aliphatic heterocycles. The smallest absolute Gasteiger partial charge is 0.159 e. The van der Waals surface area contributed by atoms with E-state index in [2.05, 4.69) is 281 Å². The number of anilines is 10. The van der Waals surface area contributed by atoms with Crippen LogP contribution in [0.3, 0.4) is 0 Å². The first-order valence-electron chi connectivity index (χ1n) is 28.0. The Balaban J connectivity index is 0.864. The van der Waals surface area contributed by atoms with E-state index < -0.39 is 0 Å². The second kappa shape index (κ2) is 20.6. The summed E-state index contributed by atoms with van der Waals surface area (Å²) in [6.07, 6.45) is 18.2. The van der Waals surface area contributed by atoms with Gasteiger partial charge in [-0.15, -0.1) is 22.7 Å². The van der Waals surface area contributed by atoms with E-state index >= 15 is 0 Å². The average Bonchev–Trinajstić information content (AvgIpc) is 4.34. The molecule has 80 heavy (non-hydrogen) atoms. The zero-order valence-corrected chi connectivity index (χ0v) is 45.8. The third-order valence-electron chi connectivity index (χ3n) is 16.1. The van der Waals surface area contributed by atoms with Gasteiger partial charge in [-0.25, -0.2) is 0 Å². The van der Waals surface area contributed by atoms with Crippen molar-refractivity contribution in [3.8, 4) is 0 Å². The first-order chi connectivity index (χ1) is 39.7. The Kier molecular flexibility index (Phi) is 12.4. The zero-order chi connectivity index (χ0) is 52.9.